The molecule has 0 saturated carbocycles. The Morgan fingerprint density at radius 3 is 2.38 bits per heavy atom. The number of amides is 2. The number of aromatic nitrogens is 1. The SMILES string of the molecule is COc1cc2c(c(OC)c1OC)-c1ccc(NCCCC(=O)N3CCN(CCc4ccncc4)CC3)c(=O)cc1[C@@H](NC(C)=O)CC2. The second-order valence-corrected chi connectivity index (χ2v) is 12.0. The van der Waals surface area contributed by atoms with Gasteiger partial charge < -0.3 is 29.7 Å². The fraction of sp³-hybridized carbons (Fsp3) is 0.444. The van der Waals surface area contributed by atoms with Crippen molar-refractivity contribution in [3.8, 4) is 28.4 Å². The molecule has 11 nitrogen and oxygen atoms in total. The predicted octanol–water partition coefficient (Wildman–Crippen LogP) is 3.84. The highest BCUT2D eigenvalue weighted by atomic mass is 16.5. The first-order chi connectivity index (χ1) is 22.8. The average Bonchev–Trinajstić information content (AvgIpc) is 3.33. The Hall–Kier alpha value is -4.64. The highest BCUT2D eigenvalue weighted by molar-refractivity contribution is 5.84. The van der Waals surface area contributed by atoms with Gasteiger partial charge >= 0.3 is 0 Å². The fourth-order valence-corrected chi connectivity index (χ4v) is 6.53. The van der Waals surface area contributed by atoms with Crippen LogP contribution in [0.3, 0.4) is 0 Å². The number of pyridine rings is 1. The van der Waals surface area contributed by atoms with Gasteiger partial charge in [-0.3, -0.25) is 24.3 Å². The molecule has 47 heavy (non-hydrogen) atoms. The first-order valence-corrected chi connectivity index (χ1v) is 16.2. The number of carbonyl (C=O) groups is 2. The van der Waals surface area contributed by atoms with Gasteiger partial charge in [0.1, 0.15) is 0 Å². The minimum absolute atomic E-state index is 0.138. The van der Waals surface area contributed by atoms with Crippen LogP contribution in [0.2, 0.25) is 0 Å². The number of carbonyl (C=O) groups excluding carboxylic acids is 2. The topological polar surface area (TPSA) is 122 Å². The Bertz CT molecular complexity index is 1620. The lowest BCUT2D eigenvalue weighted by Gasteiger charge is -2.34. The highest BCUT2D eigenvalue weighted by Crippen LogP contribution is 2.50. The summed E-state index contributed by atoms with van der Waals surface area (Å²) in [5, 5.41) is 6.29. The van der Waals surface area contributed by atoms with Crippen LogP contribution in [0.25, 0.3) is 11.1 Å². The minimum atomic E-state index is -0.377. The first kappa shape index (κ1) is 33.7. The summed E-state index contributed by atoms with van der Waals surface area (Å²) in [6.45, 7) is 6.11. The van der Waals surface area contributed by atoms with Gasteiger partial charge in [-0.25, -0.2) is 0 Å². The average molecular weight is 644 g/mol. The summed E-state index contributed by atoms with van der Waals surface area (Å²) in [4.78, 5) is 47.1. The first-order valence-electron chi connectivity index (χ1n) is 16.2. The van der Waals surface area contributed by atoms with Crippen molar-refractivity contribution < 1.29 is 23.8 Å². The van der Waals surface area contributed by atoms with Gasteiger partial charge in [-0.2, -0.15) is 0 Å². The number of ether oxygens (including phenoxy) is 3. The Morgan fingerprint density at radius 2 is 1.70 bits per heavy atom. The third-order valence-electron chi connectivity index (χ3n) is 8.99. The summed E-state index contributed by atoms with van der Waals surface area (Å²) >= 11 is 0. The molecule has 1 aliphatic carbocycles. The molecule has 1 aliphatic heterocycles. The lowest BCUT2D eigenvalue weighted by atomic mass is 9.95. The van der Waals surface area contributed by atoms with Crippen molar-refractivity contribution in [3.05, 3.63) is 75.7 Å². The predicted molar refractivity (Wildman–Crippen MR) is 181 cm³/mol. The molecule has 1 fully saturated rings. The second-order valence-electron chi connectivity index (χ2n) is 12.0. The van der Waals surface area contributed by atoms with Crippen LogP contribution >= 0.6 is 0 Å². The number of nitrogens with one attached hydrogen (secondary N) is 2. The molecule has 250 valence electrons. The summed E-state index contributed by atoms with van der Waals surface area (Å²) in [6.07, 6.45) is 6.84. The molecule has 1 saturated heterocycles. The van der Waals surface area contributed by atoms with Crippen LogP contribution in [0.4, 0.5) is 5.69 Å². The zero-order chi connectivity index (χ0) is 33.3. The van der Waals surface area contributed by atoms with Crippen LogP contribution in [0.1, 0.15) is 48.9 Å². The van der Waals surface area contributed by atoms with Crippen LogP contribution in [-0.2, 0) is 22.4 Å². The van der Waals surface area contributed by atoms with Gasteiger partial charge in [0.15, 0.2) is 11.5 Å². The molecule has 0 radical (unpaired) electrons. The monoisotopic (exact) mass is 643 g/mol. The molecular formula is C36H45N5O6. The van der Waals surface area contributed by atoms with Gasteiger partial charge in [-0.1, -0.05) is 6.07 Å². The molecule has 3 aromatic rings. The van der Waals surface area contributed by atoms with Gasteiger partial charge in [0, 0.05) is 70.6 Å². The van der Waals surface area contributed by atoms with Gasteiger partial charge in [-0.15, -0.1) is 0 Å². The Morgan fingerprint density at radius 1 is 0.957 bits per heavy atom. The molecule has 2 aromatic carbocycles. The maximum atomic E-state index is 13.5. The summed E-state index contributed by atoms with van der Waals surface area (Å²) in [5.41, 5.74) is 4.75. The molecule has 1 aromatic heterocycles. The van der Waals surface area contributed by atoms with Crippen molar-refractivity contribution in [3.63, 3.8) is 0 Å². The van der Waals surface area contributed by atoms with E-state index in [2.05, 4.69) is 20.5 Å². The summed E-state index contributed by atoms with van der Waals surface area (Å²) in [5.74, 6) is 1.47. The molecule has 2 N–H and O–H groups in total. The number of aryl methyl sites for hydroxylation is 1. The van der Waals surface area contributed by atoms with E-state index in [-0.39, 0.29) is 23.3 Å². The van der Waals surface area contributed by atoms with Gasteiger partial charge in [0.25, 0.3) is 0 Å². The molecule has 2 amide bonds. The number of piperazine rings is 1. The number of fused-ring (bicyclic) bond motifs is 3. The molecule has 11 heteroatoms. The molecular weight excluding hydrogens is 598 g/mol. The molecule has 2 aliphatic rings. The fourth-order valence-electron chi connectivity index (χ4n) is 6.53. The maximum absolute atomic E-state index is 13.5. The third kappa shape index (κ3) is 8.02. The lowest BCUT2D eigenvalue weighted by Crippen LogP contribution is -2.49. The highest BCUT2D eigenvalue weighted by Gasteiger charge is 2.29. The Kier molecular flexibility index (Phi) is 11.3. The van der Waals surface area contributed by atoms with E-state index >= 15 is 0 Å². The second kappa shape index (κ2) is 15.8. The molecule has 0 bridgehead atoms. The van der Waals surface area contributed by atoms with Crippen LogP contribution in [0.15, 0.2) is 53.6 Å². The zero-order valence-corrected chi connectivity index (χ0v) is 27.8. The number of hydrogen-bond acceptors (Lipinski definition) is 9. The largest absolute Gasteiger partial charge is 0.493 e. The number of nitrogens with zero attached hydrogens (tertiary/aromatic N) is 3. The van der Waals surface area contributed by atoms with E-state index in [1.54, 1.807) is 33.5 Å². The van der Waals surface area contributed by atoms with E-state index in [9.17, 15) is 14.4 Å². The maximum Gasteiger partial charge on any atom is 0.222 e. The van der Waals surface area contributed by atoms with E-state index in [1.165, 1.54) is 12.5 Å². The van der Waals surface area contributed by atoms with E-state index < -0.39 is 0 Å². The zero-order valence-electron chi connectivity index (χ0n) is 27.8. The number of methoxy groups -OCH3 is 3. The van der Waals surface area contributed by atoms with Crippen molar-refractivity contribution in [2.75, 3.05) is 65.9 Å². The number of rotatable bonds is 12. The summed E-state index contributed by atoms with van der Waals surface area (Å²) < 4.78 is 17.1. The van der Waals surface area contributed by atoms with E-state index in [0.717, 1.165) is 55.8 Å². The Labute approximate surface area is 276 Å². The quantitative estimate of drug-likeness (QED) is 0.284. The number of benzene rings is 1. The van der Waals surface area contributed by atoms with Crippen LogP contribution < -0.4 is 30.3 Å². The summed E-state index contributed by atoms with van der Waals surface area (Å²) in [7, 11) is 4.72. The van der Waals surface area contributed by atoms with E-state index in [0.29, 0.717) is 60.7 Å². The lowest BCUT2D eigenvalue weighted by molar-refractivity contribution is -0.133. The van der Waals surface area contributed by atoms with Gasteiger partial charge in [0.2, 0.25) is 23.0 Å². The molecule has 0 spiro atoms. The molecule has 5 rings (SSSR count). The van der Waals surface area contributed by atoms with Crippen molar-refractivity contribution in [2.24, 2.45) is 0 Å². The number of hydrogen-bond donors (Lipinski definition) is 2. The van der Waals surface area contributed by atoms with Crippen LogP contribution in [0, 0.1) is 0 Å². The third-order valence-corrected chi connectivity index (χ3v) is 8.99. The smallest absolute Gasteiger partial charge is 0.222 e. The molecule has 2 heterocycles. The van der Waals surface area contributed by atoms with Crippen molar-refractivity contribution in [1.82, 2.24) is 20.1 Å². The minimum Gasteiger partial charge on any atom is -0.493 e. The number of anilines is 1. The van der Waals surface area contributed by atoms with Crippen molar-refractivity contribution in [1.29, 1.82) is 0 Å². The normalized spacial score (nSPS) is 15.9. The van der Waals surface area contributed by atoms with E-state index in [4.69, 9.17) is 14.2 Å². The summed E-state index contributed by atoms with van der Waals surface area (Å²) in [6, 6.07) is 10.9. The molecule has 0 unspecified atom stereocenters. The van der Waals surface area contributed by atoms with Crippen molar-refractivity contribution in [2.45, 2.75) is 45.1 Å². The van der Waals surface area contributed by atoms with Gasteiger partial charge in [-0.05, 0) is 78.3 Å². The van der Waals surface area contributed by atoms with Crippen molar-refractivity contribution >= 4 is 17.5 Å². The van der Waals surface area contributed by atoms with Crippen LogP contribution in [0.5, 0.6) is 17.2 Å². The van der Waals surface area contributed by atoms with E-state index in [1.807, 2.05) is 41.6 Å². The standard InChI is InChI=1S/C36H45N5O6/c1-24(42)39-29-9-7-26-22-32(45-2)35(46-3)36(47-4)34(26)27-8-10-30(31(43)23-28(27)29)38-14-5-6-33(44)41-20-18-40(19-21-41)17-13-25-11-15-37-16-12-25/h8,10-12,15-16,22-23,29H,5-7,9,13-14,17-21H2,1-4H3,(H,38,43)(H,39,42)/t29-/m0/s1. The Balaban J connectivity index is 1.26. The van der Waals surface area contributed by atoms with Crippen LogP contribution in [-0.4, -0.2) is 87.2 Å². The van der Waals surface area contributed by atoms with Gasteiger partial charge in [0.05, 0.1) is 33.1 Å². The molecule has 1 atom stereocenters.